The molecule has 0 radical (unpaired) electrons. The van der Waals surface area contributed by atoms with Crippen molar-refractivity contribution in [3.63, 3.8) is 0 Å². The van der Waals surface area contributed by atoms with Gasteiger partial charge in [-0.1, -0.05) is 151 Å². The summed E-state index contributed by atoms with van der Waals surface area (Å²) in [4.78, 5) is 34.6. The Morgan fingerprint density at radius 2 is 1.04 bits per heavy atom. The van der Waals surface area contributed by atoms with E-state index < -0.39 is 32.5 Å². The van der Waals surface area contributed by atoms with E-state index in [2.05, 4.69) is 68.5 Å². The predicted octanol–water partition coefficient (Wildman–Crippen LogP) is 12.6. The highest BCUT2D eigenvalue weighted by Crippen LogP contribution is 2.43. The summed E-state index contributed by atoms with van der Waals surface area (Å²) in [6.07, 6.45) is 47.0. The van der Waals surface area contributed by atoms with E-state index in [9.17, 15) is 19.0 Å². The molecule has 8 nitrogen and oxygen atoms in total. The van der Waals surface area contributed by atoms with E-state index in [0.29, 0.717) is 6.42 Å². The summed E-state index contributed by atoms with van der Waals surface area (Å²) in [5.74, 6) is -0.956. The molecule has 0 rings (SSSR count). The number of carbonyl (C=O) groups excluding carboxylic acids is 2. The van der Waals surface area contributed by atoms with Crippen molar-refractivity contribution in [3.05, 3.63) is 72.9 Å². The van der Waals surface area contributed by atoms with E-state index in [4.69, 9.17) is 18.5 Å². The molecule has 52 heavy (non-hydrogen) atoms. The number of rotatable bonds is 36. The molecule has 0 saturated carbocycles. The molecule has 1 N–H and O–H groups in total. The molecule has 298 valence electrons. The highest BCUT2D eigenvalue weighted by atomic mass is 31.2. The third-order valence-corrected chi connectivity index (χ3v) is 9.09. The maximum atomic E-state index is 12.5. The number of phosphoric acid groups is 1. The van der Waals surface area contributed by atoms with Gasteiger partial charge in [-0.3, -0.25) is 18.6 Å². The predicted molar refractivity (Wildman–Crippen MR) is 216 cm³/mol. The maximum absolute atomic E-state index is 12.5. The lowest BCUT2D eigenvalue weighted by atomic mass is 10.1. The molecule has 0 heterocycles. The number of hydrogen-bond donors (Lipinski definition) is 1. The van der Waals surface area contributed by atoms with Gasteiger partial charge in [-0.2, -0.15) is 0 Å². The summed E-state index contributed by atoms with van der Waals surface area (Å²) in [7, 11) is -4.31. The van der Waals surface area contributed by atoms with Crippen LogP contribution in [0.3, 0.4) is 0 Å². The smallest absolute Gasteiger partial charge is 0.462 e. The first-order valence-corrected chi connectivity index (χ1v) is 21.7. The lowest BCUT2D eigenvalue weighted by Gasteiger charge is -2.19. The van der Waals surface area contributed by atoms with E-state index in [0.717, 1.165) is 57.8 Å². The zero-order valence-electron chi connectivity index (χ0n) is 32.9. The van der Waals surface area contributed by atoms with Crippen molar-refractivity contribution < 1.29 is 37.6 Å². The molecule has 0 aliphatic rings. The van der Waals surface area contributed by atoms with E-state index >= 15 is 0 Å². The van der Waals surface area contributed by atoms with Gasteiger partial charge in [0.2, 0.25) is 0 Å². The number of ether oxygens (including phenoxy) is 2. The monoisotopic (exact) mass is 749 g/mol. The van der Waals surface area contributed by atoms with Crippen molar-refractivity contribution in [2.24, 2.45) is 0 Å². The molecule has 0 aromatic carbocycles. The van der Waals surface area contributed by atoms with Gasteiger partial charge in [0.1, 0.15) is 6.61 Å². The highest BCUT2D eigenvalue weighted by molar-refractivity contribution is 7.47. The van der Waals surface area contributed by atoms with Crippen molar-refractivity contribution in [3.8, 4) is 0 Å². The molecule has 0 aliphatic carbocycles. The lowest BCUT2D eigenvalue weighted by molar-refractivity contribution is -0.160. The van der Waals surface area contributed by atoms with Gasteiger partial charge < -0.3 is 14.4 Å². The van der Waals surface area contributed by atoms with E-state index in [1.165, 1.54) is 64.2 Å². The largest absolute Gasteiger partial charge is 0.472 e. The summed E-state index contributed by atoms with van der Waals surface area (Å²) in [5, 5.41) is 0. The van der Waals surface area contributed by atoms with Crippen LogP contribution in [0, 0.1) is 0 Å². The molecule has 2 unspecified atom stereocenters. The average Bonchev–Trinajstić information content (AvgIpc) is 3.12. The van der Waals surface area contributed by atoms with Gasteiger partial charge in [-0.05, 0) is 71.1 Å². The molecular formula is C43H73O8P. The van der Waals surface area contributed by atoms with Crippen LogP contribution in [0.4, 0.5) is 0 Å². The van der Waals surface area contributed by atoms with E-state index in [-0.39, 0.29) is 26.1 Å². The summed E-state index contributed by atoms with van der Waals surface area (Å²) in [5.41, 5.74) is 0. The number of allylic oxidation sites excluding steroid dienone is 11. The van der Waals surface area contributed by atoms with Gasteiger partial charge in [0, 0.05) is 6.42 Å². The Hall–Kier alpha value is -2.51. The topological polar surface area (TPSA) is 108 Å². The van der Waals surface area contributed by atoms with Crippen LogP contribution in [-0.4, -0.2) is 42.8 Å². The zero-order chi connectivity index (χ0) is 38.2. The molecular weight excluding hydrogens is 675 g/mol. The van der Waals surface area contributed by atoms with Gasteiger partial charge in [0.05, 0.1) is 19.6 Å². The fourth-order valence-electron chi connectivity index (χ4n) is 5.11. The average molecular weight is 749 g/mol. The van der Waals surface area contributed by atoms with Gasteiger partial charge >= 0.3 is 19.8 Å². The fourth-order valence-corrected chi connectivity index (χ4v) is 5.87. The Kier molecular flexibility index (Phi) is 36.4. The molecule has 0 aromatic heterocycles. The van der Waals surface area contributed by atoms with Gasteiger partial charge in [0.25, 0.3) is 0 Å². The van der Waals surface area contributed by atoms with Crippen LogP contribution < -0.4 is 0 Å². The quantitative estimate of drug-likeness (QED) is 0.0292. The number of phosphoric ester groups is 1. The van der Waals surface area contributed by atoms with Crippen LogP contribution in [0.2, 0.25) is 0 Å². The maximum Gasteiger partial charge on any atom is 0.472 e. The molecule has 0 fully saturated rings. The zero-order valence-corrected chi connectivity index (χ0v) is 33.8. The molecule has 0 amide bonds. The van der Waals surface area contributed by atoms with Crippen LogP contribution in [0.25, 0.3) is 0 Å². The number of unbranched alkanes of at least 4 members (excludes halogenated alkanes) is 13. The number of hydrogen-bond acceptors (Lipinski definition) is 7. The molecule has 2 atom stereocenters. The summed E-state index contributed by atoms with van der Waals surface area (Å²) < 4.78 is 32.4. The first kappa shape index (κ1) is 49.5. The minimum atomic E-state index is -4.31. The van der Waals surface area contributed by atoms with E-state index in [1.54, 1.807) is 13.0 Å². The second kappa shape index (κ2) is 38.2. The summed E-state index contributed by atoms with van der Waals surface area (Å²) >= 11 is 0. The Bertz CT molecular complexity index is 1080. The van der Waals surface area contributed by atoms with Crippen LogP contribution in [0.5, 0.6) is 0 Å². The second-order valence-electron chi connectivity index (χ2n) is 12.9. The van der Waals surface area contributed by atoms with Crippen LogP contribution in [0.1, 0.15) is 162 Å². The Morgan fingerprint density at radius 1 is 0.558 bits per heavy atom. The van der Waals surface area contributed by atoms with Crippen molar-refractivity contribution in [1.82, 2.24) is 0 Å². The number of esters is 2. The number of carbonyl (C=O) groups is 2. The van der Waals surface area contributed by atoms with Crippen molar-refractivity contribution in [2.75, 3.05) is 19.8 Å². The second-order valence-corrected chi connectivity index (χ2v) is 14.4. The Labute approximate surface area is 317 Å². The molecule has 9 heteroatoms. The SMILES string of the molecule is CC/C=C\C/C=C\C/C=C\C/C=C\C/C=C\CC(=O)OC(COC(=O)CCCCCCCCC/C=C\CCCCCCCC)COP(=O)(O)OCC. The Morgan fingerprint density at radius 3 is 1.56 bits per heavy atom. The third-order valence-electron chi connectivity index (χ3n) is 8.03. The first-order chi connectivity index (χ1) is 25.3. The van der Waals surface area contributed by atoms with Crippen molar-refractivity contribution >= 4 is 19.8 Å². The van der Waals surface area contributed by atoms with E-state index in [1.807, 2.05) is 12.2 Å². The molecule has 0 spiro atoms. The highest BCUT2D eigenvalue weighted by Gasteiger charge is 2.25. The minimum Gasteiger partial charge on any atom is -0.462 e. The normalized spacial score (nSPS) is 14.2. The van der Waals surface area contributed by atoms with Gasteiger partial charge in [-0.15, -0.1) is 0 Å². The molecule has 0 aliphatic heterocycles. The van der Waals surface area contributed by atoms with Crippen molar-refractivity contribution in [2.45, 2.75) is 168 Å². The summed E-state index contributed by atoms with van der Waals surface area (Å²) in [6, 6.07) is 0. The van der Waals surface area contributed by atoms with Gasteiger partial charge in [-0.25, -0.2) is 4.57 Å². The van der Waals surface area contributed by atoms with Crippen LogP contribution >= 0.6 is 7.82 Å². The van der Waals surface area contributed by atoms with Crippen LogP contribution in [0.15, 0.2) is 72.9 Å². The standard InChI is InChI=1S/C43H73O8P/c1-4-7-9-11-13-15-17-19-21-22-24-25-27-29-31-33-35-37-42(44)48-39-41(40-50-52(46,47)49-6-3)51-43(45)38-36-34-32-30-28-26-23-20-18-16-14-12-10-8-5-2/h8,10,14,16,19-21,23,28,30,34,36,41H,4-7,9,11-13,15,17-18,22,24-27,29,31-33,35,37-40H2,1-3H3,(H,46,47)/b10-8-,16-14-,21-19-,23-20-,30-28-,36-34-. The third kappa shape index (κ3) is 37.3. The Balaban J connectivity index is 4.25. The first-order valence-electron chi connectivity index (χ1n) is 20.2. The fraction of sp³-hybridized carbons (Fsp3) is 0.674. The van der Waals surface area contributed by atoms with Crippen molar-refractivity contribution in [1.29, 1.82) is 0 Å². The molecule has 0 bridgehead atoms. The molecule has 0 saturated heterocycles. The minimum absolute atomic E-state index is 0.0101. The van der Waals surface area contributed by atoms with Crippen LogP contribution in [-0.2, 0) is 32.7 Å². The lowest BCUT2D eigenvalue weighted by Crippen LogP contribution is -2.29. The van der Waals surface area contributed by atoms with Gasteiger partial charge in [0.15, 0.2) is 6.10 Å². The molecule has 0 aromatic rings. The summed E-state index contributed by atoms with van der Waals surface area (Å²) in [6.45, 7) is 5.22.